The molecule has 37 heavy (non-hydrogen) atoms. The molecular weight excluding hydrogens is 480 g/mol. The van der Waals surface area contributed by atoms with E-state index >= 15 is 0 Å². The smallest absolute Gasteiger partial charge is 0.160 e. The number of aryl methyl sites for hydroxylation is 4. The van der Waals surface area contributed by atoms with E-state index in [0.717, 1.165) is 67.1 Å². The fourth-order valence-corrected chi connectivity index (χ4v) is 5.14. The number of nitrogens with zero attached hydrogens (tertiary/aromatic N) is 5. The second kappa shape index (κ2) is 8.75. The van der Waals surface area contributed by atoms with Crippen LogP contribution in [-0.2, 0) is 0 Å². The molecule has 5 aromatic rings. The van der Waals surface area contributed by atoms with E-state index in [4.69, 9.17) is 31.5 Å². The Labute approximate surface area is 220 Å². The van der Waals surface area contributed by atoms with E-state index in [9.17, 15) is 0 Å². The largest absolute Gasteiger partial charge is 0.339 e. The second-order valence-corrected chi connectivity index (χ2v) is 9.95. The quantitative estimate of drug-likeness (QED) is 0.257. The van der Waals surface area contributed by atoms with Crippen molar-refractivity contribution >= 4 is 50.6 Å². The summed E-state index contributed by atoms with van der Waals surface area (Å²) in [6.07, 6.45) is 2.11. The van der Waals surface area contributed by atoms with Gasteiger partial charge in [-0.2, -0.15) is 0 Å². The summed E-state index contributed by atoms with van der Waals surface area (Å²) in [7, 11) is 0. The Balaban J connectivity index is 1.64. The summed E-state index contributed by atoms with van der Waals surface area (Å²) in [4.78, 5) is 24.0. The number of anilines is 1. The molecule has 182 valence electrons. The van der Waals surface area contributed by atoms with Crippen molar-refractivity contribution < 1.29 is 0 Å². The Hall–Kier alpha value is -4.16. The molecule has 1 N–H and O–H groups in total. The van der Waals surface area contributed by atoms with Crippen LogP contribution in [0.15, 0.2) is 60.3 Å². The highest BCUT2D eigenvalue weighted by Gasteiger charge is 2.21. The summed E-state index contributed by atoms with van der Waals surface area (Å²) in [5.41, 5.74) is 10.9. The number of aromatic nitrogens is 5. The number of fused-ring (bicyclic) bond motifs is 3. The van der Waals surface area contributed by atoms with Crippen LogP contribution in [-0.4, -0.2) is 24.9 Å². The molecule has 5 aromatic heterocycles. The van der Waals surface area contributed by atoms with E-state index in [2.05, 4.69) is 61.4 Å². The van der Waals surface area contributed by atoms with E-state index in [0.29, 0.717) is 22.3 Å². The van der Waals surface area contributed by atoms with Crippen LogP contribution in [0.2, 0.25) is 5.15 Å². The monoisotopic (exact) mass is 504 g/mol. The summed E-state index contributed by atoms with van der Waals surface area (Å²) in [6, 6.07) is 16.1. The number of rotatable bonds is 2. The number of allylic oxidation sites excluding steroid dienone is 2. The number of pyridine rings is 5. The molecule has 0 spiro atoms. The molecule has 0 saturated carbocycles. The van der Waals surface area contributed by atoms with Crippen molar-refractivity contribution in [2.24, 2.45) is 0 Å². The summed E-state index contributed by atoms with van der Waals surface area (Å²) >= 11 is 6.25. The lowest BCUT2D eigenvalue weighted by atomic mass is 9.97. The van der Waals surface area contributed by atoms with Crippen molar-refractivity contribution in [3.63, 3.8) is 0 Å². The maximum absolute atomic E-state index is 6.25. The van der Waals surface area contributed by atoms with Gasteiger partial charge in [-0.3, -0.25) is 0 Å². The van der Waals surface area contributed by atoms with Gasteiger partial charge in [-0.1, -0.05) is 11.6 Å². The molecular formula is C30H25ClN6. The van der Waals surface area contributed by atoms with Crippen LogP contribution in [0.1, 0.15) is 46.4 Å². The van der Waals surface area contributed by atoms with Gasteiger partial charge in [0.25, 0.3) is 0 Å². The van der Waals surface area contributed by atoms with Crippen LogP contribution in [0.3, 0.4) is 0 Å². The highest BCUT2D eigenvalue weighted by atomic mass is 35.5. The molecule has 0 aliphatic carbocycles. The zero-order valence-corrected chi connectivity index (χ0v) is 22.1. The highest BCUT2D eigenvalue weighted by molar-refractivity contribution is 6.29. The number of halogens is 1. The second-order valence-electron chi connectivity index (χ2n) is 9.57. The molecule has 6 nitrogen and oxygen atoms in total. The van der Waals surface area contributed by atoms with Crippen LogP contribution in [0.4, 0.5) is 5.82 Å². The Bertz CT molecular complexity index is 1730. The van der Waals surface area contributed by atoms with Gasteiger partial charge >= 0.3 is 0 Å². The van der Waals surface area contributed by atoms with E-state index in [1.54, 1.807) is 6.07 Å². The van der Waals surface area contributed by atoms with Gasteiger partial charge in [0.1, 0.15) is 11.0 Å². The molecule has 6 rings (SSSR count). The summed E-state index contributed by atoms with van der Waals surface area (Å²) < 4.78 is 0. The molecule has 0 saturated heterocycles. The molecule has 1 aliphatic heterocycles. The fraction of sp³-hybridized carbons (Fsp3) is 0.167. The normalized spacial score (nSPS) is 12.9. The Kier molecular flexibility index (Phi) is 5.50. The number of nitrogens with one attached hydrogen (secondary N) is 1. The van der Waals surface area contributed by atoms with E-state index in [-0.39, 0.29) is 0 Å². The van der Waals surface area contributed by atoms with Crippen LogP contribution in [0, 0.1) is 27.7 Å². The average molecular weight is 505 g/mol. The molecule has 0 amide bonds. The lowest BCUT2D eigenvalue weighted by Crippen LogP contribution is -2.12. The predicted molar refractivity (Wildman–Crippen MR) is 151 cm³/mol. The molecule has 1 aliphatic rings. The van der Waals surface area contributed by atoms with Crippen LogP contribution in [0.25, 0.3) is 33.2 Å². The summed E-state index contributed by atoms with van der Waals surface area (Å²) in [5, 5.41) is 5.98. The first-order chi connectivity index (χ1) is 17.8. The SMILES string of the molecule is CC1=CC(=C(c2ccc3c(C)cc(C)nc3n2)c2ccc3c(C)cc(C)nc3n2)Nc2nc(Cl)ccc21. The van der Waals surface area contributed by atoms with Gasteiger partial charge in [0.2, 0.25) is 0 Å². The highest BCUT2D eigenvalue weighted by Crippen LogP contribution is 2.36. The lowest BCUT2D eigenvalue weighted by molar-refractivity contribution is 1.15. The Morgan fingerprint density at radius 2 is 1.24 bits per heavy atom. The van der Waals surface area contributed by atoms with Gasteiger partial charge in [0.05, 0.1) is 17.1 Å². The third-order valence-corrected chi connectivity index (χ3v) is 6.91. The molecule has 6 heterocycles. The summed E-state index contributed by atoms with van der Waals surface area (Å²) in [5.74, 6) is 0.705. The predicted octanol–water partition coefficient (Wildman–Crippen LogP) is 7.14. The van der Waals surface area contributed by atoms with E-state index in [1.165, 1.54) is 0 Å². The standard InChI is InChI=1S/C30H25ClN6/c1-15-12-18(4)32-28-20(15)6-9-23(34-28)27(24-10-7-21-16(2)13-19(5)33-29(21)35-24)25-14-17(3)22-8-11-26(31)37-30(22)36-25/h6-14H,1-5H3,(H,36,37). The molecule has 0 atom stereocenters. The van der Waals surface area contributed by atoms with E-state index in [1.807, 2.05) is 32.0 Å². The zero-order valence-electron chi connectivity index (χ0n) is 21.3. The number of hydrogen-bond acceptors (Lipinski definition) is 6. The molecule has 0 bridgehead atoms. The molecule has 0 radical (unpaired) electrons. The maximum atomic E-state index is 6.25. The van der Waals surface area contributed by atoms with Crippen LogP contribution < -0.4 is 5.32 Å². The first kappa shape index (κ1) is 23.3. The maximum Gasteiger partial charge on any atom is 0.160 e. The minimum absolute atomic E-state index is 0.430. The average Bonchev–Trinajstić information content (AvgIpc) is 2.83. The van der Waals surface area contributed by atoms with Gasteiger partial charge in [-0.05, 0) is 106 Å². The first-order valence-electron chi connectivity index (χ1n) is 12.1. The van der Waals surface area contributed by atoms with Crippen molar-refractivity contribution in [1.29, 1.82) is 0 Å². The molecule has 0 unspecified atom stereocenters. The van der Waals surface area contributed by atoms with Crippen LogP contribution in [0.5, 0.6) is 0 Å². The lowest BCUT2D eigenvalue weighted by Gasteiger charge is -2.22. The zero-order chi connectivity index (χ0) is 25.8. The minimum atomic E-state index is 0.430. The van der Waals surface area contributed by atoms with Crippen molar-refractivity contribution in [3.05, 3.63) is 105 Å². The third-order valence-electron chi connectivity index (χ3n) is 6.70. The first-order valence-corrected chi connectivity index (χ1v) is 12.5. The molecule has 0 aromatic carbocycles. The number of hydrogen-bond donors (Lipinski definition) is 1. The van der Waals surface area contributed by atoms with Crippen LogP contribution >= 0.6 is 11.6 Å². The fourth-order valence-electron chi connectivity index (χ4n) is 4.99. The van der Waals surface area contributed by atoms with Crippen molar-refractivity contribution in [2.45, 2.75) is 34.6 Å². The topological polar surface area (TPSA) is 76.5 Å². The van der Waals surface area contributed by atoms with Crippen molar-refractivity contribution in [2.75, 3.05) is 5.32 Å². The van der Waals surface area contributed by atoms with Gasteiger partial charge < -0.3 is 5.32 Å². The van der Waals surface area contributed by atoms with Crippen molar-refractivity contribution in [1.82, 2.24) is 24.9 Å². The minimum Gasteiger partial charge on any atom is -0.339 e. The van der Waals surface area contributed by atoms with Gasteiger partial charge in [-0.25, -0.2) is 24.9 Å². The summed E-state index contributed by atoms with van der Waals surface area (Å²) in [6.45, 7) is 10.2. The van der Waals surface area contributed by atoms with Gasteiger partial charge in [0, 0.05) is 33.3 Å². The van der Waals surface area contributed by atoms with Gasteiger partial charge in [0.15, 0.2) is 11.3 Å². The molecule has 0 fully saturated rings. The third kappa shape index (κ3) is 4.13. The van der Waals surface area contributed by atoms with Gasteiger partial charge in [-0.15, -0.1) is 0 Å². The van der Waals surface area contributed by atoms with Crippen molar-refractivity contribution in [3.8, 4) is 0 Å². The Morgan fingerprint density at radius 3 is 1.81 bits per heavy atom. The molecule has 7 heteroatoms. The van der Waals surface area contributed by atoms with E-state index < -0.39 is 0 Å². The Morgan fingerprint density at radius 1 is 0.676 bits per heavy atom.